The van der Waals surface area contributed by atoms with Crippen molar-refractivity contribution in [3.63, 3.8) is 0 Å². The summed E-state index contributed by atoms with van der Waals surface area (Å²) in [6, 6.07) is -0.0285. The van der Waals surface area contributed by atoms with E-state index in [2.05, 4.69) is 30.9 Å². The fourth-order valence-electron chi connectivity index (χ4n) is 2.78. The van der Waals surface area contributed by atoms with Crippen LogP contribution in [0.5, 0.6) is 0 Å². The highest BCUT2D eigenvalue weighted by molar-refractivity contribution is 4.88. The lowest BCUT2D eigenvalue weighted by atomic mass is 9.81. The molecule has 0 aliphatic heterocycles. The fourth-order valence-corrected chi connectivity index (χ4v) is 2.78. The van der Waals surface area contributed by atoms with Crippen molar-refractivity contribution >= 4 is 0 Å². The van der Waals surface area contributed by atoms with E-state index in [4.69, 9.17) is 0 Å². The van der Waals surface area contributed by atoms with E-state index in [0.717, 1.165) is 25.7 Å². The number of hydrogen-bond donors (Lipinski definition) is 1. The molecule has 104 valence electrons. The quantitative estimate of drug-likeness (QED) is 0.774. The summed E-state index contributed by atoms with van der Waals surface area (Å²) in [5, 5.41) is 15.1. The van der Waals surface area contributed by atoms with Crippen molar-refractivity contribution in [3.05, 3.63) is 12.7 Å². The summed E-state index contributed by atoms with van der Waals surface area (Å²) >= 11 is 0. The highest BCUT2D eigenvalue weighted by Crippen LogP contribution is 2.34. The van der Waals surface area contributed by atoms with E-state index in [-0.39, 0.29) is 6.04 Å². The Morgan fingerprint density at radius 2 is 2.00 bits per heavy atom. The van der Waals surface area contributed by atoms with Gasteiger partial charge in [0.2, 0.25) is 0 Å². The van der Waals surface area contributed by atoms with Gasteiger partial charge < -0.3 is 5.11 Å². The fraction of sp³-hybridized carbons (Fsp3) is 0.857. The highest BCUT2D eigenvalue weighted by atomic mass is 16.3. The second kappa shape index (κ2) is 6.88. The van der Waals surface area contributed by atoms with Crippen molar-refractivity contribution in [2.45, 2.75) is 71.4 Å². The second-order valence-electron chi connectivity index (χ2n) is 5.50. The summed E-state index contributed by atoms with van der Waals surface area (Å²) in [5.41, 5.74) is -0.683. The lowest BCUT2D eigenvalue weighted by Crippen LogP contribution is -2.39. The Hall–Kier alpha value is -0.900. The normalized spacial score (nSPS) is 18.3. The van der Waals surface area contributed by atoms with Gasteiger partial charge in [-0.25, -0.2) is 9.67 Å². The Kier molecular flexibility index (Phi) is 5.79. The minimum absolute atomic E-state index is 0.0285. The molecule has 4 heteroatoms. The number of rotatable bonds is 8. The van der Waals surface area contributed by atoms with Crippen molar-refractivity contribution in [1.82, 2.24) is 14.8 Å². The van der Waals surface area contributed by atoms with Gasteiger partial charge in [-0.05, 0) is 25.7 Å². The molecule has 1 aromatic heterocycles. The van der Waals surface area contributed by atoms with Gasteiger partial charge in [-0.1, -0.05) is 40.0 Å². The maximum Gasteiger partial charge on any atom is 0.137 e. The van der Waals surface area contributed by atoms with Gasteiger partial charge in [0.05, 0.1) is 11.6 Å². The zero-order valence-corrected chi connectivity index (χ0v) is 12.1. The molecule has 0 aromatic carbocycles. The summed E-state index contributed by atoms with van der Waals surface area (Å²) in [6.45, 7) is 8.56. The van der Waals surface area contributed by atoms with E-state index in [1.165, 1.54) is 12.7 Å². The Morgan fingerprint density at radius 1 is 1.28 bits per heavy atom. The minimum Gasteiger partial charge on any atom is -0.388 e. The van der Waals surface area contributed by atoms with Crippen LogP contribution in [0.1, 0.15) is 65.8 Å². The van der Waals surface area contributed by atoms with Crippen LogP contribution in [0.2, 0.25) is 0 Å². The molecule has 1 rings (SSSR count). The Bertz CT molecular complexity index is 326. The predicted molar refractivity (Wildman–Crippen MR) is 73.3 cm³/mol. The van der Waals surface area contributed by atoms with Crippen molar-refractivity contribution < 1.29 is 5.11 Å². The van der Waals surface area contributed by atoms with Crippen LogP contribution in [-0.4, -0.2) is 25.5 Å². The molecule has 0 aliphatic carbocycles. The van der Waals surface area contributed by atoms with Crippen LogP contribution in [0, 0.1) is 5.92 Å². The minimum atomic E-state index is -0.683. The molecule has 0 bridgehead atoms. The molecule has 0 amide bonds. The molecule has 1 N–H and O–H groups in total. The maximum atomic E-state index is 11.0. The zero-order chi connectivity index (χ0) is 13.6. The van der Waals surface area contributed by atoms with Crippen LogP contribution in [0.25, 0.3) is 0 Å². The summed E-state index contributed by atoms with van der Waals surface area (Å²) in [6.07, 6.45) is 8.16. The van der Waals surface area contributed by atoms with Gasteiger partial charge in [-0.2, -0.15) is 5.10 Å². The summed E-state index contributed by atoms with van der Waals surface area (Å²) < 4.78 is 1.77. The maximum absolute atomic E-state index is 11.0. The third kappa shape index (κ3) is 3.80. The first-order valence-electron chi connectivity index (χ1n) is 7.10. The van der Waals surface area contributed by atoms with Crippen LogP contribution < -0.4 is 0 Å². The molecule has 0 aliphatic rings. The first-order valence-corrected chi connectivity index (χ1v) is 7.10. The second-order valence-corrected chi connectivity index (χ2v) is 5.50. The van der Waals surface area contributed by atoms with E-state index in [1.54, 1.807) is 11.0 Å². The first-order chi connectivity index (χ1) is 8.53. The third-order valence-electron chi connectivity index (χ3n) is 3.78. The molecular formula is C14H27N3O. The molecular weight excluding hydrogens is 226 g/mol. The third-order valence-corrected chi connectivity index (χ3v) is 3.78. The monoisotopic (exact) mass is 253 g/mol. The molecule has 18 heavy (non-hydrogen) atoms. The number of hydrogen-bond acceptors (Lipinski definition) is 3. The Morgan fingerprint density at radius 3 is 2.50 bits per heavy atom. The number of aliphatic hydroxyl groups is 1. The van der Waals surface area contributed by atoms with E-state index in [9.17, 15) is 5.11 Å². The van der Waals surface area contributed by atoms with E-state index >= 15 is 0 Å². The molecule has 0 saturated carbocycles. The van der Waals surface area contributed by atoms with Crippen molar-refractivity contribution in [1.29, 1.82) is 0 Å². The van der Waals surface area contributed by atoms with Crippen LogP contribution in [0.3, 0.4) is 0 Å². The van der Waals surface area contributed by atoms with Gasteiger partial charge in [0.15, 0.2) is 0 Å². The molecule has 4 nitrogen and oxygen atoms in total. The molecule has 0 radical (unpaired) electrons. The molecule has 3 atom stereocenters. The van der Waals surface area contributed by atoms with Crippen LogP contribution in [-0.2, 0) is 0 Å². The number of nitrogens with zero attached hydrogens (tertiary/aromatic N) is 3. The van der Waals surface area contributed by atoms with Gasteiger partial charge in [-0.3, -0.25) is 0 Å². The van der Waals surface area contributed by atoms with Crippen LogP contribution in [0.15, 0.2) is 12.7 Å². The largest absolute Gasteiger partial charge is 0.388 e. The van der Waals surface area contributed by atoms with Gasteiger partial charge >= 0.3 is 0 Å². The average molecular weight is 253 g/mol. The van der Waals surface area contributed by atoms with Gasteiger partial charge in [0, 0.05) is 0 Å². The van der Waals surface area contributed by atoms with E-state index in [1.807, 2.05) is 6.92 Å². The molecule has 1 aromatic rings. The van der Waals surface area contributed by atoms with Crippen LogP contribution in [0.4, 0.5) is 0 Å². The predicted octanol–water partition coefficient (Wildman–Crippen LogP) is 3.20. The van der Waals surface area contributed by atoms with Crippen molar-refractivity contribution in [2.24, 2.45) is 5.92 Å². The average Bonchev–Trinajstić information content (AvgIpc) is 2.81. The molecule has 3 unspecified atom stereocenters. The van der Waals surface area contributed by atoms with Gasteiger partial charge in [0.1, 0.15) is 12.7 Å². The lowest BCUT2D eigenvalue weighted by Gasteiger charge is -2.36. The lowest BCUT2D eigenvalue weighted by molar-refractivity contribution is -0.0380. The molecule has 0 fully saturated rings. The number of aromatic nitrogens is 3. The van der Waals surface area contributed by atoms with Crippen molar-refractivity contribution in [3.8, 4) is 0 Å². The SMILES string of the molecule is CCCC(C)CC(O)(CCC)C(C)n1cncn1. The summed E-state index contributed by atoms with van der Waals surface area (Å²) in [5.74, 6) is 0.539. The van der Waals surface area contributed by atoms with Crippen molar-refractivity contribution in [2.75, 3.05) is 0 Å². The summed E-state index contributed by atoms with van der Waals surface area (Å²) in [7, 11) is 0. The Balaban J connectivity index is 2.78. The standard InChI is InChI=1S/C14H27N3O/c1-5-7-12(3)9-14(18,8-6-2)13(4)17-11-15-10-16-17/h10-13,18H,5-9H2,1-4H3. The first kappa shape index (κ1) is 15.2. The van der Waals surface area contributed by atoms with Gasteiger partial charge in [0.25, 0.3) is 0 Å². The van der Waals surface area contributed by atoms with Crippen LogP contribution >= 0.6 is 0 Å². The zero-order valence-electron chi connectivity index (χ0n) is 12.1. The van der Waals surface area contributed by atoms with E-state index < -0.39 is 5.60 Å². The van der Waals surface area contributed by atoms with Gasteiger partial charge in [-0.15, -0.1) is 0 Å². The molecule has 1 heterocycles. The van der Waals surface area contributed by atoms with E-state index in [0.29, 0.717) is 5.92 Å². The Labute approximate surface area is 110 Å². The smallest absolute Gasteiger partial charge is 0.137 e. The molecule has 0 saturated heterocycles. The summed E-state index contributed by atoms with van der Waals surface area (Å²) in [4.78, 5) is 3.97. The highest BCUT2D eigenvalue weighted by Gasteiger charge is 2.35. The topological polar surface area (TPSA) is 50.9 Å². The molecule has 0 spiro atoms.